The summed E-state index contributed by atoms with van der Waals surface area (Å²) in [5.41, 5.74) is 3.15. The van der Waals surface area contributed by atoms with Gasteiger partial charge in [-0.15, -0.1) is 0 Å². The number of hydrogen-bond acceptors (Lipinski definition) is 7. The Morgan fingerprint density at radius 1 is 1.70 bits per heavy atom. The van der Waals surface area contributed by atoms with E-state index in [9.17, 15) is 19.4 Å². The van der Waals surface area contributed by atoms with Crippen molar-refractivity contribution in [1.82, 2.24) is 9.55 Å². The van der Waals surface area contributed by atoms with Crippen LogP contribution in [0.1, 0.15) is 6.23 Å². The first kappa shape index (κ1) is 15.2. The number of nitrogen functional groups attached to an aromatic ring is 1. The minimum Gasteiger partial charge on any atom is -0.393 e. The van der Waals surface area contributed by atoms with Gasteiger partial charge >= 0.3 is 5.69 Å². The zero-order chi connectivity index (χ0) is 14.9. The van der Waals surface area contributed by atoms with Crippen molar-refractivity contribution in [2.24, 2.45) is 0 Å². The maximum atomic E-state index is 14.2. The van der Waals surface area contributed by atoms with Crippen LogP contribution in [0, 0.1) is 0 Å². The highest BCUT2D eigenvalue weighted by atomic mass is 32.2. The lowest BCUT2D eigenvalue weighted by molar-refractivity contribution is -0.114. The van der Waals surface area contributed by atoms with Gasteiger partial charge in [0.2, 0.25) is 0 Å². The molecule has 112 valence electrons. The Bertz CT molecular complexity index is 543. The standard InChI is InChI=1S/C11H16FN3O4S/c1-20-5-11(4-16)8(17)7(12)9(19-11)15-3-2-6(13)14-10(15)18/h2-3,7-9,16-17H,4-5H2,1H3,(H2,13,14,18)/t7-,8+,9-,11+/m1/s1. The SMILES string of the molecule is CSC[C@]1(CO)O[C@@H](n2ccc(N)nc2=O)[C@H](F)[C@@H]1O. The number of hydrogen-bond donors (Lipinski definition) is 3. The lowest BCUT2D eigenvalue weighted by atomic mass is 9.99. The third-order valence-corrected chi connectivity index (χ3v) is 4.03. The highest BCUT2D eigenvalue weighted by molar-refractivity contribution is 7.98. The lowest BCUT2D eigenvalue weighted by Crippen LogP contribution is -2.47. The zero-order valence-corrected chi connectivity index (χ0v) is 11.6. The molecule has 1 saturated heterocycles. The molecule has 1 aliphatic heterocycles. The number of aromatic nitrogens is 2. The smallest absolute Gasteiger partial charge is 0.351 e. The van der Waals surface area contributed by atoms with Gasteiger partial charge in [0.15, 0.2) is 12.4 Å². The van der Waals surface area contributed by atoms with Gasteiger partial charge in [-0.25, -0.2) is 9.18 Å². The van der Waals surface area contributed by atoms with E-state index in [1.807, 2.05) is 0 Å². The van der Waals surface area contributed by atoms with Crippen LogP contribution in [0.2, 0.25) is 0 Å². The monoisotopic (exact) mass is 305 g/mol. The summed E-state index contributed by atoms with van der Waals surface area (Å²) < 4.78 is 20.6. The van der Waals surface area contributed by atoms with Crippen molar-refractivity contribution in [3.63, 3.8) is 0 Å². The summed E-state index contributed by atoms with van der Waals surface area (Å²) in [6, 6.07) is 1.33. The molecule has 0 aliphatic carbocycles. The van der Waals surface area contributed by atoms with Gasteiger partial charge in [-0.05, 0) is 12.3 Å². The van der Waals surface area contributed by atoms with Crippen LogP contribution >= 0.6 is 11.8 Å². The Morgan fingerprint density at radius 2 is 2.40 bits per heavy atom. The van der Waals surface area contributed by atoms with E-state index in [-0.39, 0.29) is 11.6 Å². The van der Waals surface area contributed by atoms with Crippen LogP contribution in [-0.4, -0.2) is 56.3 Å². The average molecular weight is 305 g/mol. The molecule has 0 saturated carbocycles. The molecule has 1 aromatic heterocycles. The molecule has 0 amide bonds. The Labute approximate surface area is 118 Å². The maximum Gasteiger partial charge on any atom is 0.351 e. The second-order valence-electron chi connectivity index (χ2n) is 4.60. The van der Waals surface area contributed by atoms with Crippen molar-refractivity contribution in [3.8, 4) is 0 Å². The fraction of sp³-hybridized carbons (Fsp3) is 0.636. The summed E-state index contributed by atoms with van der Waals surface area (Å²) in [5.74, 6) is 0.205. The third kappa shape index (κ3) is 2.41. The highest BCUT2D eigenvalue weighted by Gasteiger charge is 2.55. The Kier molecular flexibility index (Phi) is 4.33. The Hall–Kier alpha value is -1.16. The average Bonchev–Trinajstić information content (AvgIpc) is 2.65. The van der Waals surface area contributed by atoms with Crippen molar-refractivity contribution in [2.75, 3.05) is 24.3 Å². The maximum absolute atomic E-state index is 14.2. The normalized spacial score (nSPS) is 33.5. The molecule has 0 unspecified atom stereocenters. The quantitative estimate of drug-likeness (QED) is 0.664. The fourth-order valence-electron chi connectivity index (χ4n) is 2.19. The van der Waals surface area contributed by atoms with E-state index < -0.39 is 36.4 Å². The largest absolute Gasteiger partial charge is 0.393 e. The van der Waals surface area contributed by atoms with Crippen LogP contribution < -0.4 is 11.4 Å². The van der Waals surface area contributed by atoms with Gasteiger partial charge < -0.3 is 20.7 Å². The van der Waals surface area contributed by atoms with Gasteiger partial charge in [0.05, 0.1) is 6.61 Å². The van der Waals surface area contributed by atoms with Crippen LogP contribution in [-0.2, 0) is 4.74 Å². The van der Waals surface area contributed by atoms with E-state index in [1.165, 1.54) is 24.0 Å². The summed E-state index contributed by atoms with van der Waals surface area (Å²) >= 11 is 1.30. The van der Waals surface area contributed by atoms with Gasteiger partial charge in [0.25, 0.3) is 0 Å². The van der Waals surface area contributed by atoms with Gasteiger partial charge in [-0.3, -0.25) is 4.57 Å². The number of anilines is 1. The van der Waals surface area contributed by atoms with Gasteiger partial charge in [-0.1, -0.05) is 0 Å². The molecule has 0 bridgehead atoms. The predicted molar refractivity (Wildman–Crippen MR) is 72.1 cm³/mol. The molecule has 9 heteroatoms. The van der Waals surface area contributed by atoms with Gasteiger partial charge in [0, 0.05) is 11.9 Å². The molecule has 1 aromatic rings. The first-order chi connectivity index (χ1) is 9.45. The number of rotatable bonds is 4. The first-order valence-corrected chi connectivity index (χ1v) is 7.29. The molecule has 2 rings (SSSR count). The summed E-state index contributed by atoms with van der Waals surface area (Å²) in [4.78, 5) is 15.2. The van der Waals surface area contributed by atoms with E-state index in [2.05, 4.69) is 4.98 Å². The third-order valence-electron chi connectivity index (χ3n) is 3.25. The molecule has 4 N–H and O–H groups in total. The summed E-state index contributed by atoms with van der Waals surface area (Å²) in [6.07, 6.45) is -1.73. The van der Waals surface area contributed by atoms with Crippen molar-refractivity contribution >= 4 is 17.6 Å². The van der Waals surface area contributed by atoms with Crippen LogP contribution in [0.15, 0.2) is 17.1 Å². The number of nitrogens with zero attached hydrogens (tertiary/aromatic N) is 2. The molecule has 0 spiro atoms. The highest BCUT2D eigenvalue weighted by Crippen LogP contribution is 2.39. The minimum atomic E-state index is -1.85. The summed E-state index contributed by atoms with van der Waals surface area (Å²) in [5, 5.41) is 19.4. The number of nitrogens with two attached hydrogens (primary N) is 1. The first-order valence-electron chi connectivity index (χ1n) is 5.89. The molecular formula is C11H16FN3O4S. The van der Waals surface area contributed by atoms with E-state index in [4.69, 9.17) is 10.5 Å². The van der Waals surface area contributed by atoms with Gasteiger partial charge in [0.1, 0.15) is 17.5 Å². The lowest BCUT2D eigenvalue weighted by Gasteiger charge is -2.28. The molecule has 4 atom stereocenters. The molecule has 1 fully saturated rings. The van der Waals surface area contributed by atoms with Crippen LogP contribution in [0.25, 0.3) is 0 Å². The second kappa shape index (κ2) is 5.68. The number of ether oxygens (including phenoxy) is 1. The van der Waals surface area contributed by atoms with Crippen LogP contribution in [0.4, 0.5) is 10.2 Å². The predicted octanol–water partition coefficient (Wildman–Crippen LogP) is -0.853. The van der Waals surface area contributed by atoms with E-state index in [1.54, 1.807) is 6.26 Å². The molecule has 2 heterocycles. The number of aliphatic hydroxyl groups is 2. The van der Waals surface area contributed by atoms with E-state index in [0.717, 1.165) is 4.57 Å². The minimum absolute atomic E-state index is 0.0118. The molecule has 0 radical (unpaired) electrons. The van der Waals surface area contributed by atoms with E-state index >= 15 is 0 Å². The van der Waals surface area contributed by atoms with Crippen molar-refractivity contribution in [1.29, 1.82) is 0 Å². The van der Waals surface area contributed by atoms with Crippen LogP contribution in [0.5, 0.6) is 0 Å². The molecule has 20 heavy (non-hydrogen) atoms. The summed E-state index contributed by atoms with van der Waals surface area (Å²) in [7, 11) is 0. The van der Waals surface area contributed by atoms with Crippen molar-refractivity contribution in [3.05, 3.63) is 22.7 Å². The molecule has 7 nitrogen and oxygen atoms in total. The van der Waals surface area contributed by atoms with Crippen LogP contribution in [0.3, 0.4) is 0 Å². The van der Waals surface area contributed by atoms with Gasteiger partial charge in [-0.2, -0.15) is 16.7 Å². The summed E-state index contributed by atoms with van der Waals surface area (Å²) in [6.45, 7) is -0.553. The topological polar surface area (TPSA) is 111 Å². The van der Waals surface area contributed by atoms with Crippen molar-refractivity contribution < 1.29 is 19.3 Å². The van der Waals surface area contributed by atoms with Crippen molar-refractivity contribution in [2.45, 2.75) is 24.1 Å². The number of aliphatic hydroxyl groups excluding tert-OH is 2. The number of halogens is 1. The zero-order valence-electron chi connectivity index (χ0n) is 10.8. The van der Waals surface area contributed by atoms with E-state index in [0.29, 0.717) is 0 Å². The Balaban J connectivity index is 2.37. The number of alkyl halides is 1. The molecular weight excluding hydrogens is 289 g/mol. The molecule has 0 aromatic carbocycles. The molecule has 1 aliphatic rings. The second-order valence-corrected chi connectivity index (χ2v) is 5.46. The Morgan fingerprint density at radius 3 is 2.95 bits per heavy atom. The number of thioether (sulfide) groups is 1. The fourth-order valence-corrected chi connectivity index (χ4v) is 3.01.